The summed E-state index contributed by atoms with van der Waals surface area (Å²) in [5.41, 5.74) is 2.63. The summed E-state index contributed by atoms with van der Waals surface area (Å²) in [5.74, 6) is 0. The van der Waals surface area contributed by atoms with Crippen molar-refractivity contribution >= 4 is 17.9 Å². The largest absolute Gasteiger partial charge is 0.257 e. The topological polar surface area (TPSA) is 15.6 Å². The van der Waals surface area contributed by atoms with Crippen molar-refractivity contribution in [2.75, 3.05) is 0 Å². The van der Waals surface area contributed by atoms with E-state index in [1.807, 2.05) is 12.1 Å². The number of rotatable bonds is 6. The molecular weight excluding hydrogens is 258 g/mol. The second-order valence-corrected chi connectivity index (χ2v) is 5.77. The number of benzene rings is 2. The lowest BCUT2D eigenvalue weighted by Gasteiger charge is -2.19. The monoisotopic (exact) mass is 274 g/mol. The summed E-state index contributed by atoms with van der Waals surface area (Å²) in [6, 6.07) is 21.0. The highest BCUT2D eigenvalue weighted by Crippen LogP contribution is 2.26. The molecule has 2 nitrogen and oxygen atoms in total. The van der Waals surface area contributed by atoms with Gasteiger partial charge in [0.05, 0.1) is 8.88 Å². The molecule has 0 heterocycles. The zero-order valence-electron chi connectivity index (χ0n) is 10.1. The van der Waals surface area contributed by atoms with Gasteiger partial charge in [-0.15, -0.1) is 0 Å². The van der Waals surface area contributed by atoms with Crippen molar-refractivity contribution in [3.63, 3.8) is 0 Å². The van der Waals surface area contributed by atoms with Crippen molar-refractivity contribution in [1.82, 2.24) is 4.67 Å². The molecule has 0 aliphatic carbocycles. The van der Waals surface area contributed by atoms with Crippen molar-refractivity contribution < 1.29 is 0 Å². The molecule has 0 N–H and O–H groups in total. The van der Waals surface area contributed by atoms with Crippen LogP contribution in [0.1, 0.15) is 11.1 Å². The Morgan fingerprint density at radius 3 is 1.67 bits per heavy atom. The molecule has 2 aromatic carbocycles. The van der Waals surface area contributed by atoms with Crippen molar-refractivity contribution in [2.45, 2.75) is 13.1 Å². The maximum atomic E-state index is 4.09. The fourth-order valence-electron chi connectivity index (χ4n) is 1.80. The van der Waals surface area contributed by atoms with Crippen molar-refractivity contribution in [1.29, 1.82) is 0 Å². The van der Waals surface area contributed by atoms with Gasteiger partial charge in [0.1, 0.15) is 0 Å². The molecule has 2 aromatic rings. The van der Waals surface area contributed by atoms with E-state index < -0.39 is 0 Å². The lowest BCUT2D eigenvalue weighted by atomic mass is 10.2. The molecule has 18 heavy (non-hydrogen) atoms. The summed E-state index contributed by atoms with van der Waals surface area (Å²) in [5, 5.41) is 0. The van der Waals surface area contributed by atoms with Crippen LogP contribution < -0.4 is 0 Å². The summed E-state index contributed by atoms with van der Waals surface area (Å²) in [6.07, 6.45) is 0. The van der Waals surface area contributed by atoms with Crippen molar-refractivity contribution in [3.05, 3.63) is 71.8 Å². The summed E-state index contributed by atoms with van der Waals surface area (Å²) >= 11 is 0. The zero-order valence-corrected chi connectivity index (χ0v) is 12.1. The minimum Gasteiger partial charge on any atom is -0.257 e. The predicted molar refractivity (Wildman–Crippen MR) is 81.2 cm³/mol. The maximum absolute atomic E-state index is 4.09. The molecule has 0 aliphatic rings. The Kier molecular flexibility index (Phi) is 5.48. The number of hydrogen-bond acceptors (Lipinski definition) is 2. The van der Waals surface area contributed by atoms with E-state index in [0.717, 1.165) is 13.1 Å². The Hall–Kier alpha value is -1.07. The third-order valence-electron chi connectivity index (χ3n) is 2.62. The first-order chi connectivity index (χ1) is 8.88. The van der Waals surface area contributed by atoms with Crippen LogP contribution in [0.15, 0.2) is 65.2 Å². The SMILES string of the molecule is P=NPN(Cc1ccccc1)Cc1ccccc1. The predicted octanol–water partition coefficient (Wildman–Crippen LogP) is 4.52. The van der Waals surface area contributed by atoms with Crippen LogP contribution in [0.2, 0.25) is 0 Å². The lowest BCUT2D eigenvalue weighted by molar-refractivity contribution is 0.454. The fourth-order valence-corrected chi connectivity index (χ4v) is 2.88. The summed E-state index contributed by atoms with van der Waals surface area (Å²) in [7, 11) is 3.65. The van der Waals surface area contributed by atoms with Crippen LogP contribution in [-0.4, -0.2) is 4.67 Å². The third kappa shape index (κ3) is 4.31. The van der Waals surface area contributed by atoms with Crippen LogP contribution >= 0.6 is 17.9 Å². The summed E-state index contributed by atoms with van der Waals surface area (Å²) < 4.78 is 6.40. The van der Waals surface area contributed by atoms with Gasteiger partial charge < -0.3 is 0 Å². The smallest absolute Gasteiger partial charge is 0.0797 e. The van der Waals surface area contributed by atoms with Gasteiger partial charge in [-0.05, 0) is 20.2 Å². The van der Waals surface area contributed by atoms with Crippen LogP contribution in [0.5, 0.6) is 0 Å². The van der Waals surface area contributed by atoms with Gasteiger partial charge in [-0.25, -0.2) is 4.52 Å². The van der Waals surface area contributed by atoms with Gasteiger partial charge in [-0.1, -0.05) is 60.7 Å². The van der Waals surface area contributed by atoms with Gasteiger partial charge in [0, 0.05) is 13.1 Å². The van der Waals surface area contributed by atoms with E-state index in [1.165, 1.54) is 11.1 Å². The molecule has 0 saturated carbocycles. The molecule has 1 unspecified atom stereocenters. The second kappa shape index (κ2) is 7.38. The Morgan fingerprint density at radius 2 is 1.28 bits per heavy atom. The van der Waals surface area contributed by atoms with Gasteiger partial charge in [-0.2, -0.15) is 0 Å². The van der Waals surface area contributed by atoms with E-state index in [-0.39, 0.29) is 0 Å². The average molecular weight is 274 g/mol. The molecule has 0 aromatic heterocycles. The van der Waals surface area contributed by atoms with Crippen LogP contribution in [0.25, 0.3) is 0 Å². The van der Waals surface area contributed by atoms with Gasteiger partial charge in [-0.3, -0.25) is 4.67 Å². The minimum atomic E-state index is 0.429. The van der Waals surface area contributed by atoms with Crippen molar-refractivity contribution in [2.24, 2.45) is 4.52 Å². The minimum absolute atomic E-state index is 0.429. The second-order valence-electron chi connectivity index (χ2n) is 4.04. The molecule has 0 fully saturated rings. The van der Waals surface area contributed by atoms with Crippen molar-refractivity contribution in [3.8, 4) is 0 Å². The van der Waals surface area contributed by atoms with Crippen LogP contribution in [0.4, 0.5) is 0 Å². The molecule has 0 radical (unpaired) electrons. The molecule has 4 heteroatoms. The third-order valence-corrected chi connectivity index (χ3v) is 3.62. The van der Waals surface area contributed by atoms with E-state index in [2.05, 4.69) is 66.7 Å². The Balaban J connectivity index is 2.02. The first-order valence-corrected chi connectivity index (χ1v) is 7.17. The standard InChI is InChI=1S/C14H16N2P2/c17-15-18-16(11-13-7-3-1-4-8-13)12-14-9-5-2-6-10-14/h1-10,17-18H,11-12H2. The molecular formula is C14H16N2P2. The molecule has 2 rings (SSSR count). The lowest BCUT2D eigenvalue weighted by Crippen LogP contribution is -2.12. The Labute approximate surface area is 112 Å². The maximum Gasteiger partial charge on any atom is 0.0797 e. The van der Waals surface area contributed by atoms with E-state index in [1.54, 1.807) is 0 Å². The fraction of sp³-hybridized carbons (Fsp3) is 0.143. The van der Waals surface area contributed by atoms with Crippen LogP contribution in [0.3, 0.4) is 0 Å². The highest BCUT2D eigenvalue weighted by Gasteiger charge is 2.05. The first-order valence-electron chi connectivity index (χ1n) is 5.83. The summed E-state index contributed by atoms with van der Waals surface area (Å²) in [6.45, 7) is 1.84. The highest BCUT2D eigenvalue weighted by molar-refractivity contribution is 7.38. The molecule has 0 amide bonds. The van der Waals surface area contributed by atoms with E-state index in [4.69, 9.17) is 0 Å². The molecule has 0 aliphatic heterocycles. The van der Waals surface area contributed by atoms with Gasteiger partial charge in [0.15, 0.2) is 0 Å². The van der Waals surface area contributed by atoms with E-state index in [9.17, 15) is 0 Å². The Bertz CT molecular complexity index is 432. The Morgan fingerprint density at radius 1 is 0.833 bits per heavy atom. The highest BCUT2D eigenvalue weighted by atomic mass is 31.1. The quantitative estimate of drug-likeness (QED) is 0.707. The van der Waals surface area contributed by atoms with E-state index in [0.29, 0.717) is 8.88 Å². The van der Waals surface area contributed by atoms with E-state index >= 15 is 0 Å². The zero-order chi connectivity index (χ0) is 12.6. The number of nitrogens with zero attached hydrogens (tertiary/aromatic N) is 2. The van der Waals surface area contributed by atoms with Gasteiger partial charge in [0.25, 0.3) is 0 Å². The molecule has 0 spiro atoms. The normalized spacial score (nSPS) is 11.2. The van der Waals surface area contributed by atoms with Gasteiger partial charge in [0.2, 0.25) is 0 Å². The number of hydrogen-bond donors (Lipinski definition) is 0. The average Bonchev–Trinajstić information content (AvgIpc) is 2.41. The first kappa shape index (κ1) is 13.4. The van der Waals surface area contributed by atoms with Crippen LogP contribution in [-0.2, 0) is 13.1 Å². The molecule has 0 bridgehead atoms. The molecule has 92 valence electrons. The van der Waals surface area contributed by atoms with Crippen LogP contribution in [0, 0.1) is 0 Å². The molecule has 0 saturated heterocycles. The molecule has 1 atom stereocenters. The summed E-state index contributed by atoms with van der Waals surface area (Å²) in [4.78, 5) is 0. The van der Waals surface area contributed by atoms with Gasteiger partial charge >= 0.3 is 0 Å².